The Balaban J connectivity index is 0.000000168. The van der Waals surface area contributed by atoms with Gasteiger partial charge in [-0.25, -0.2) is 8.78 Å². The van der Waals surface area contributed by atoms with Crippen molar-refractivity contribution in [3.8, 4) is 0 Å². The molecule has 0 aliphatic carbocycles. The van der Waals surface area contributed by atoms with Crippen LogP contribution in [0, 0.1) is 18.6 Å². The lowest BCUT2D eigenvalue weighted by molar-refractivity contribution is 0.483. The Bertz CT molecular complexity index is 805. The SMILES string of the molecule is CC1Cc2c(ccc(F)c2F)N1.Cc1ccc(S(=O)(=O)O)cc1. The summed E-state index contributed by atoms with van der Waals surface area (Å²) >= 11 is 0. The van der Waals surface area contributed by atoms with Crippen LogP contribution >= 0.6 is 0 Å². The third kappa shape index (κ3) is 4.27. The standard InChI is InChI=1S/C9H9F2N.C7H8O3S/c1-5-4-6-8(12-5)3-2-7(10)9(6)11;1-6-2-4-7(5-3-6)11(8,9)10/h2-3,5,12H,4H2,1H3;2-5H,1H3,(H,8,9,10). The summed E-state index contributed by atoms with van der Waals surface area (Å²) < 4.78 is 55.3. The molecule has 0 spiro atoms. The molecule has 1 atom stereocenters. The molecule has 1 aliphatic rings. The first-order valence-electron chi connectivity index (χ1n) is 6.96. The number of nitrogens with one attached hydrogen (secondary N) is 1. The first-order chi connectivity index (χ1) is 10.7. The molecule has 1 unspecified atom stereocenters. The molecule has 1 heterocycles. The molecule has 2 aromatic carbocycles. The fourth-order valence-electron chi connectivity index (χ4n) is 2.26. The zero-order valence-electron chi connectivity index (χ0n) is 12.7. The lowest BCUT2D eigenvalue weighted by atomic mass is 10.1. The van der Waals surface area contributed by atoms with Crippen LogP contribution in [0.2, 0.25) is 0 Å². The number of rotatable bonds is 1. The molecule has 0 saturated heterocycles. The van der Waals surface area contributed by atoms with Gasteiger partial charge in [-0.15, -0.1) is 0 Å². The van der Waals surface area contributed by atoms with Gasteiger partial charge in [0.25, 0.3) is 10.1 Å². The van der Waals surface area contributed by atoms with Gasteiger partial charge in [-0.05, 0) is 44.5 Å². The van der Waals surface area contributed by atoms with Crippen LogP contribution in [-0.4, -0.2) is 19.0 Å². The molecule has 0 bridgehead atoms. The van der Waals surface area contributed by atoms with Crippen molar-refractivity contribution in [2.75, 3.05) is 5.32 Å². The third-order valence-electron chi connectivity index (χ3n) is 3.43. The second-order valence-electron chi connectivity index (χ2n) is 5.43. The molecule has 4 nitrogen and oxygen atoms in total. The molecule has 0 aromatic heterocycles. The van der Waals surface area contributed by atoms with Crippen molar-refractivity contribution in [1.29, 1.82) is 0 Å². The van der Waals surface area contributed by atoms with E-state index >= 15 is 0 Å². The number of anilines is 1. The highest BCUT2D eigenvalue weighted by Crippen LogP contribution is 2.29. The highest BCUT2D eigenvalue weighted by Gasteiger charge is 2.22. The van der Waals surface area contributed by atoms with Crippen molar-refractivity contribution in [1.82, 2.24) is 0 Å². The molecule has 7 heteroatoms. The smallest absolute Gasteiger partial charge is 0.294 e. The summed E-state index contributed by atoms with van der Waals surface area (Å²) in [7, 11) is -4.02. The topological polar surface area (TPSA) is 66.4 Å². The van der Waals surface area contributed by atoms with Gasteiger partial charge in [0.1, 0.15) is 0 Å². The van der Waals surface area contributed by atoms with Crippen molar-refractivity contribution in [2.24, 2.45) is 0 Å². The quantitative estimate of drug-likeness (QED) is 0.778. The van der Waals surface area contributed by atoms with Crippen molar-refractivity contribution in [3.63, 3.8) is 0 Å². The number of hydrogen-bond donors (Lipinski definition) is 2. The van der Waals surface area contributed by atoms with Gasteiger partial charge in [0.15, 0.2) is 11.6 Å². The average molecular weight is 341 g/mol. The molecule has 124 valence electrons. The summed E-state index contributed by atoms with van der Waals surface area (Å²) in [5, 5.41) is 3.06. The van der Waals surface area contributed by atoms with Gasteiger partial charge in [0, 0.05) is 17.3 Å². The van der Waals surface area contributed by atoms with Crippen LogP contribution in [0.15, 0.2) is 41.3 Å². The molecule has 0 saturated carbocycles. The summed E-state index contributed by atoms with van der Waals surface area (Å²) in [5.41, 5.74) is 2.15. The Kier molecular flexibility index (Phi) is 5.01. The molecule has 0 fully saturated rings. The van der Waals surface area contributed by atoms with Crippen LogP contribution in [-0.2, 0) is 16.5 Å². The molecule has 0 radical (unpaired) electrons. The Labute approximate surface area is 133 Å². The summed E-state index contributed by atoms with van der Waals surface area (Å²) in [4.78, 5) is -0.0666. The van der Waals surface area contributed by atoms with Crippen molar-refractivity contribution in [3.05, 3.63) is 59.2 Å². The van der Waals surface area contributed by atoms with E-state index in [-0.39, 0.29) is 10.9 Å². The zero-order valence-corrected chi connectivity index (χ0v) is 13.5. The van der Waals surface area contributed by atoms with E-state index in [4.69, 9.17) is 4.55 Å². The normalized spacial score (nSPS) is 16.1. The van der Waals surface area contributed by atoms with Crippen LogP contribution in [0.25, 0.3) is 0 Å². The second kappa shape index (κ2) is 6.64. The lowest BCUT2D eigenvalue weighted by Crippen LogP contribution is -2.08. The average Bonchev–Trinajstić information content (AvgIpc) is 2.85. The Morgan fingerprint density at radius 2 is 1.74 bits per heavy atom. The maximum atomic E-state index is 13.1. The predicted molar refractivity (Wildman–Crippen MR) is 84.1 cm³/mol. The van der Waals surface area contributed by atoms with Crippen LogP contribution in [0.4, 0.5) is 14.5 Å². The summed E-state index contributed by atoms with van der Waals surface area (Å²) in [6.07, 6.45) is 0.568. The van der Waals surface area contributed by atoms with E-state index in [0.717, 1.165) is 17.3 Å². The molecule has 1 aliphatic heterocycles. The van der Waals surface area contributed by atoms with Gasteiger partial charge in [-0.1, -0.05) is 17.7 Å². The highest BCUT2D eigenvalue weighted by atomic mass is 32.2. The molecule has 2 N–H and O–H groups in total. The molecular weight excluding hydrogens is 324 g/mol. The minimum Gasteiger partial charge on any atom is -0.382 e. The largest absolute Gasteiger partial charge is 0.382 e. The monoisotopic (exact) mass is 341 g/mol. The first kappa shape index (κ1) is 17.4. The van der Waals surface area contributed by atoms with Gasteiger partial charge in [0.05, 0.1) is 4.90 Å². The number of fused-ring (bicyclic) bond motifs is 1. The van der Waals surface area contributed by atoms with Gasteiger partial charge in [-0.3, -0.25) is 4.55 Å². The minimum atomic E-state index is -4.02. The highest BCUT2D eigenvalue weighted by molar-refractivity contribution is 7.85. The van der Waals surface area contributed by atoms with Gasteiger partial charge in [-0.2, -0.15) is 8.42 Å². The van der Waals surface area contributed by atoms with E-state index in [9.17, 15) is 17.2 Å². The van der Waals surface area contributed by atoms with Gasteiger partial charge in [0.2, 0.25) is 0 Å². The summed E-state index contributed by atoms with van der Waals surface area (Å²) in [5.74, 6) is -1.46. The third-order valence-corrected chi connectivity index (χ3v) is 4.30. The van der Waals surface area contributed by atoms with Gasteiger partial charge < -0.3 is 5.32 Å². The Morgan fingerprint density at radius 1 is 1.13 bits per heavy atom. The van der Waals surface area contributed by atoms with E-state index in [1.807, 2.05) is 13.8 Å². The minimum absolute atomic E-state index is 0.0666. The van der Waals surface area contributed by atoms with Crippen molar-refractivity contribution in [2.45, 2.75) is 31.2 Å². The zero-order chi connectivity index (χ0) is 17.2. The molecule has 2 aromatic rings. The second-order valence-corrected chi connectivity index (χ2v) is 6.85. The van der Waals surface area contributed by atoms with E-state index in [2.05, 4.69) is 5.32 Å². The summed E-state index contributed by atoms with van der Waals surface area (Å²) in [6.45, 7) is 3.78. The van der Waals surface area contributed by atoms with Crippen LogP contribution in [0.1, 0.15) is 18.1 Å². The molecular formula is C16H17F2NO3S. The molecule has 3 rings (SSSR count). The lowest BCUT2D eigenvalue weighted by Gasteiger charge is -2.01. The van der Waals surface area contributed by atoms with Crippen LogP contribution in [0.5, 0.6) is 0 Å². The molecule has 23 heavy (non-hydrogen) atoms. The van der Waals surface area contributed by atoms with E-state index in [1.165, 1.54) is 12.1 Å². The Hall–Kier alpha value is -1.99. The fraction of sp³-hybridized carbons (Fsp3) is 0.250. The maximum Gasteiger partial charge on any atom is 0.294 e. The van der Waals surface area contributed by atoms with E-state index in [0.29, 0.717) is 12.0 Å². The number of aryl methyl sites for hydroxylation is 1. The van der Waals surface area contributed by atoms with Crippen molar-refractivity contribution >= 4 is 15.8 Å². The number of halogens is 2. The summed E-state index contributed by atoms with van der Waals surface area (Å²) in [6, 6.07) is 8.93. The van der Waals surface area contributed by atoms with E-state index < -0.39 is 21.8 Å². The Morgan fingerprint density at radius 3 is 2.30 bits per heavy atom. The maximum absolute atomic E-state index is 13.1. The molecule has 0 amide bonds. The number of benzene rings is 2. The first-order valence-corrected chi connectivity index (χ1v) is 8.40. The van der Waals surface area contributed by atoms with E-state index in [1.54, 1.807) is 18.2 Å². The fourth-order valence-corrected chi connectivity index (χ4v) is 2.74. The number of hydrogen-bond acceptors (Lipinski definition) is 3. The van der Waals surface area contributed by atoms with Gasteiger partial charge >= 0.3 is 0 Å². The van der Waals surface area contributed by atoms with Crippen LogP contribution in [0.3, 0.4) is 0 Å². The van der Waals surface area contributed by atoms with Crippen molar-refractivity contribution < 1.29 is 21.8 Å². The predicted octanol–water partition coefficient (Wildman–Crippen LogP) is 3.56. The van der Waals surface area contributed by atoms with Crippen LogP contribution < -0.4 is 5.32 Å².